The number of hydrogen-bond donors (Lipinski definition) is 2. The van der Waals surface area contributed by atoms with Crippen LogP contribution in [0.3, 0.4) is 0 Å². The summed E-state index contributed by atoms with van der Waals surface area (Å²) in [5, 5.41) is 28.0. The molecule has 253 valence electrons. The van der Waals surface area contributed by atoms with Crippen LogP contribution in [0, 0.1) is 36.9 Å². The minimum absolute atomic E-state index is 0. The van der Waals surface area contributed by atoms with Crippen LogP contribution in [-0.4, -0.2) is 132 Å². The zero-order chi connectivity index (χ0) is 31.9. The van der Waals surface area contributed by atoms with Crippen LogP contribution in [0.2, 0.25) is 0 Å². The number of aromatic nitrogens is 5. The van der Waals surface area contributed by atoms with Crippen molar-refractivity contribution in [1.82, 2.24) is 44.6 Å². The third-order valence-electron chi connectivity index (χ3n) is 8.46. The molecule has 1 fully saturated rings. The second kappa shape index (κ2) is 16.7. The van der Waals surface area contributed by atoms with Crippen LogP contribution in [0.4, 0.5) is 0 Å². The van der Waals surface area contributed by atoms with E-state index in [-0.39, 0.29) is 50.0 Å². The summed E-state index contributed by atoms with van der Waals surface area (Å²) >= 11 is 0. The molecule has 7 rings (SSSR count). The number of nitrogens with zero attached hydrogens (tertiary/aromatic N) is 9. The molecule has 3 aliphatic heterocycles. The predicted octanol–water partition coefficient (Wildman–Crippen LogP) is 1.85. The van der Waals surface area contributed by atoms with Crippen molar-refractivity contribution in [1.29, 1.82) is 0 Å². The van der Waals surface area contributed by atoms with Crippen LogP contribution in [0.5, 0.6) is 0 Å². The molecule has 1 saturated heterocycles. The fourth-order valence-electron chi connectivity index (χ4n) is 6.10. The maximum absolute atomic E-state index is 11.8. The van der Waals surface area contributed by atoms with Crippen molar-refractivity contribution in [2.75, 3.05) is 65.4 Å². The largest absolute Gasteiger partial charge is 0.480 e. The Kier molecular flexibility index (Phi) is 12.4. The van der Waals surface area contributed by atoms with Crippen LogP contribution in [-0.2, 0) is 29.2 Å². The van der Waals surface area contributed by atoms with Crippen molar-refractivity contribution in [3.05, 3.63) is 83.9 Å². The first-order chi connectivity index (χ1) is 22.4. The molecule has 1 aromatic carbocycles. The van der Waals surface area contributed by atoms with Crippen molar-refractivity contribution >= 4 is 11.9 Å². The van der Waals surface area contributed by atoms with Crippen LogP contribution in [0.15, 0.2) is 66.9 Å². The third kappa shape index (κ3) is 9.85. The quantitative estimate of drug-likeness (QED) is 0.305. The Balaban J connectivity index is 0.00000433. The Hall–Kier alpha value is -3.33. The number of hydrogen-bond acceptors (Lipinski definition) is 10. The molecule has 0 aliphatic carbocycles. The fourth-order valence-corrected chi connectivity index (χ4v) is 6.10. The molecular formula is C33H39N9O4Tm. The first-order valence-electron chi connectivity index (χ1n) is 15.6. The minimum atomic E-state index is -0.860. The Morgan fingerprint density at radius 1 is 0.638 bits per heavy atom. The smallest absolute Gasteiger partial charge is 0.317 e. The van der Waals surface area contributed by atoms with Gasteiger partial charge < -0.3 is 10.2 Å². The number of benzene rings is 1. The van der Waals surface area contributed by atoms with Gasteiger partial charge in [0.25, 0.3) is 0 Å². The van der Waals surface area contributed by atoms with Gasteiger partial charge in [0.1, 0.15) is 5.69 Å². The van der Waals surface area contributed by atoms with Gasteiger partial charge in [-0.15, -0.1) is 5.10 Å². The molecule has 1 radical (unpaired) electrons. The fraction of sp³-hybridized carbons (Fsp3) is 0.394. The van der Waals surface area contributed by atoms with Crippen LogP contribution in [0.1, 0.15) is 17.1 Å². The van der Waals surface area contributed by atoms with Gasteiger partial charge in [-0.05, 0) is 35.4 Å². The van der Waals surface area contributed by atoms with E-state index >= 15 is 0 Å². The van der Waals surface area contributed by atoms with Crippen molar-refractivity contribution < 1.29 is 56.7 Å². The molecule has 3 aromatic heterocycles. The Bertz CT molecular complexity index is 1620. The Morgan fingerprint density at radius 3 is 1.81 bits per heavy atom. The molecule has 0 unspecified atom stereocenters. The minimum Gasteiger partial charge on any atom is -0.480 e. The van der Waals surface area contributed by atoms with Gasteiger partial charge in [0.15, 0.2) is 0 Å². The van der Waals surface area contributed by atoms with E-state index in [4.69, 9.17) is 9.97 Å². The normalized spacial score (nSPS) is 19.6. The molecule has 6 heterocycles. The summed E-state index contributed by atoms with van der Waals surface area (Å²) in [6.45, 7) is 6.03. The van der Waals surface area contributed by atoms with Crippen molar-refractivity contribution in [2.45, 2.75) is 19.6 Å². The molecule has 0 saturated carbocycles. The molecule has 0 amide bonds. The zero-order valence-electron chi connectivity index (χ0n) is 26.1. The first-order valence-corrected chi connectivity index (χ1v) is 15.6. The van der Waals surface area contributed by atoms with Crippen molar-refractivity contribution in [3.63, 3.8) is 0 Å². The monoisotopic (exact) mass is 794 g/mol. The van der Waals surface area contributed by atoms with E-state index in [0.717, 1.165) is 39.6 Å². The standard InChI is InChI=1S/C33H39N9O4.Tm/c43-32(44)23-40-13-9-38-10-14-41(24-33(45)46)16-12-39(11-15-40)21-28-17-26(25-5-2-1-3-6-25)18-29(35-28)22-42-31(19-34-37-42)30-8-4-7-27(20-38)36-30;/h1-8,17-19H,9-16,20-24H2,(H,43,44)(H,45,46);. The first kappa shape index (κ1) is 35.0. The molecule has 14 heteroatoms. The SMILES string of the molecule is O=C(O)CN1CCN2CCN(CC(=O)O)CCN(CC1)Cc1cccc(n1)-c1cnnn1Cc1cc(-c3ccccc3)cc(n1)C2.[Tm]. The van der Waals surface area contributed by atoms with E-state index in [9.17, 15) is 19.8 Å². The molecular weight excluding hydrogens is 755 g/mol. The van der Waals surface area contributed by atoms with E-state index in [1.807, 2.05) is 50.9 Å². The summed E-state index contributed by atoms with van der Waals surface area (Å²) in [6.07, 6.45) is 1.72. The van der Waals surface area contributed by atoms with Crippen molar-refractivity contribution in [3.8, 4) is 22.5 Å². The molecule has 2 N–H and O–H groups in total. The van der Waals surface area contributed by atoms with Crippen LogP contribution < -0.4 is 0 Å². The van der Waals surface area contributed by atoms with E-state index in [1.54, 1.807) is 6.20 Å². The van der Waals surface area contributed by atoms with E-state index in [1.165, 1.54) is 0 Å². The predicted molar refractivity (Wildman–Crippen MR) is 171 cm³/mol. The molecule has 0 atom stereocenters. The number of carboxylic acids is 2. The summed E-state index contributed by atoms with van der Waals surface area (Å²) < 4.78 is 1.84. The van der Waals surface area contributed by atoms with Crippen LogP contribution in [0.25, 0.3) is 22.5 Å². The summed E-state index contributed by atoms with van der Waals surface area (Å²) in [5.74, 6) is -1.72. The number of pyridine rings is 2. The molecule has 6 bridgehead atoms. The van der Waals surface area contributed by atoms with Gasteiger partial charge in [-0.2, -0.15) is 0 Å². The van der Waals surface area contributed by atoms with Crippen molar-refractivity contribution in [2.24, 2.45) is 0 Å². The van der Waals surface area contributed by atoms with Gasteiger partial charge in [-0.25, -0.2) is 9.67 Å². The van der Waals surface area contributed by atoms with Gasteiger partial charge in [0.05, 0.1) is 48.6 Å². The summed E-state index contributed by atoms with van der Waals surface area (Å²) in [5.41, 5.74) is 6.18. The number of rotatable bonds is 5. The van der Waals surface area contributed by atoms with Crippen LogP contribution >= 0.6 is 0 Å². The maximum atomic E-state index is 11.8. The molecule has 13 nitrogen and oxygen atoms in total. The number of carbonyl (C=O) groups is 2. The summed E-state index contributed by atoms with van der Waals surface area (Å²) in [4.78, 5) is 42.2. The zero-order valence-corrected chi connectivity index (χ0v) is 27.8. The third-order valence-corrected chi connectivity index (χ3v) is 8.46. The number of aliphatic carboxylic acids is 2. The molecule has 3 aliphatic rings. The summed E-state index contributed by atoms with van der Waals surface area (Å²) in [6, 6.07) is 20.2. The second-order valence-corrected chi connectivity index (χ2v) is 11.9. The topological polar surface area (TPSA) is 144 Å². The van der Waals surface area contributed by atoms with Gasteiger partial charge in [-0.1, -0.05) is 41.6 Å². The number of carboxylic acid groups (broad SMARTS) is 2. The van der Waals surface area contributed by atoms with Gasteiger partial charge in [0, 0.05) is 102 Å². The van der Waals surface area contributed by atoms with E-state index < -0.39 is 11.9 Å². The average molecular weight is 795 g/mol. The summed E-state index contributed by atoms with van der Waals surface area (Å²) in [7, 11) is 0. The van der Waals surface area contributed by atoms with Gasteiger partial charge in [0.2, 0.25) is 0 Å². The Labute approximate surface area is 303 Å². The van der Waals surface area contributed by atoms with Gasteiger partial charge >= 0.3 is 11.9 Å². The number of fused-ring (bicyclic) bond motifs is 8. The average Bonchev–Trinajstić information content (AvgIpc) is 3.50. The van der Waals surface area contributed by atoms with Gasteiger partial charge in [-0.3, -0.25) is 34.2 Å². The molecule has 4 aromatic rings. The van der Waals surface area contributed by atoms with E-state index in [2.05, 4.69) is 44.4 Å². The second-order valence-electron chi connectivity index (χ2n) is 11.9. The maximum Gasteiger partial charge on any atom is 0.317 e. The van der Waals surface area contributed by atoms with E-state index in [0.29, 0.717) is 72.0 Å². The molecule has 47 heavy (non-hydrogen) atoms. The molecule has 0 spiro atoms. The Morgan fingerprint density at radius 2 is 1.21 bits per heavy atom.